The molecule has 0 amide bonds. The maximum absolute atomic E-state index is 8.76. The van der Waals surface area contributed by atoms with Crippen LogP contribution in [0.1, 0.15) is 37.8 Å². The lowest BCUT2D eigenvalue weighted by Gasteiger charge is -2.38. The van der Waals surface area contributed by atoms with Crippen LogP contribution in [0, 0.1) is 12.8 Å². The van der Waals surface area contributed by atoms with Gasteiger partial charge in [0.1, 0.15) is 0 Å². The first-order chi connectivity index (χ1) is 9.02. The van der Waals surface area contributed by atoms with Crippen molar-refractivity contribution < 1.29 is 5.21 Å². The zero-order valence-electron chi connectivity index (χ0n) is 11.9. The normalized spacial score (nSPS) is 24.6. The molecule has 1 heterocycles. The second kappa shape index (κ2) is 5.51. The van der Waals surface area contributed by atoms with Crippen LogP contribution in [-0.2, 0) is 0 Å². The molecule has 3 N–H and O–H groups in total. The Bertz CT molecular complexity index is 484. The molecule has 0 saturated carbocycles. The summed E-state index contributed by atoms with van der Waals surface area (Å²) in [5.41, 5.74) is 8.72. The standard InChI is InChI=1S/C15H23N3O/c1-10-4-5-12(3)18(9-10)13-6-7-14(11(2)8-13)15(16)17-19/h6-8,10,12,19H,4-5,9H2,1-3H3,(H2,16,17). The molecule has 2 atom stereocenters. The Balaban J connectivity index is 2.28. The minimum absolute atomic E-state index is 0.170. The Labute approximate surface area is 114 Å². The van der Waals surface area contributed by atoms with E-state index in [4.69, 9.17) is 10.9 Å². The van der Waals surface area contributed by atoms with Crippen molar-refractivity contribution in [2.24, 2.45) is 16.8 Å². The number of nitrogens with zero attached hydrogens (tertiary/aromatic N) is 2. The fourth-order valence-corrected chi connectivity index (χ4v) is 2.82. The quantitative estimate of drug-likeness (QED) is 0.372. The minimum atomic E-state index is 0.170. The van der Waals surface area contributed by atoms with Gasteiger partial charge in [-0.3, -0.25) is 0 Å². The number of anilines is 1. The van der Waals surface area contributed by atoms with Gasteiger partial charge in [0, 0.05) is 23.8 Å². The monoisotopic (exact) mass is 261 g/mol. The molecule has 1 fully saturated rings. The molecule has 1 aromatic carbocycles. The maximum atomic E-state index is 8.76. The Kier molecular flexibility index (Phi) is 3.98. The van der Waals surface area contributed by atoms with Gasteiger partial charge in [-0.15, -0.1) is 0 Å². The van der Waals surface area contributed by atoms with Crippen LogP contribution in [-0.4, -0.2) is 23.6 Å². The molecule has 4 nitrogen and oxygen atoms in total. The fraction of sp³-hybridized carbons (Fsp3) is 0.533. The summed E-state index contributed by atoms with van der Waals surface area (Å²) in [6, 6.07) is 6.70. The number of hydrogen-bond acceptors (Lipinski definition) is 3. The molecule has 0 aromatic heterocycles. The number of nitrogens with two attached hydrogens (primary N) is 1. The van der Waals surface area contributed by atoms with Crippen LogP contribution < -0.4 is 10.6 Å². The number of aryl methyl sites for hydroxylation is 1. The summed E-state index contributed by atoms with van der Waals surface area (Å²) in [6.07, 6.45) is 2.54. The van der Waals surface area contributed by atoms with Crippen molar-refractivity contribution >= 4 is 11.5 Å². The highest BCUT2D eigenvalue weighted by molar-refractivity contribution is 5.98. The third-order valence-corrected chi connectivity index (χ3v) is 4.04. The largest absolute Gasteiger partial charge is 0.409 e. The summed E-state index contributed by atoms with van der Waals surface area (Å²) in [7, 11) is 0. The van der Waals surface area contributed by atoms with E-state index in [0.717, 1.165) is 23.6 Å². The number of rotatable bonds is 2. The Morgan fingerprint density at radius 2 is 2.11 bits per heavy atom. The second-order valence-corrected chi connectivity index (χ2v) is 5.67. The van der Waals surface area contributed by atoms with Crippen LogP contribution in [0.5, 0.6) is 0 Å². The highest BCUT2D eigenvalue weighted by atomic mass is 16.4. The van der Waals surface area contributed by atoms with Crippen molar-refractivity contribution in [3.63, 3.8) is 0 Å². The number of oxime groups is 1. The molecular formula is C15H23N3O. The third kappa shape index (κ3) is 2.83. The van der Waals surface area contributed by atoms with Gasteiger partial charge in [-0.05, 0) is 56.4 Å². The molecular weight excluding hydrogens is 238 g/mol. The fourth-order valence-electron chi connectivity index (χ4n) is 2.82. The average Bonchev–Trinajstić information content (AvgIpc) is 2.40. The van der Waals surface area contributed by atoms with Gasteiger partial charge in [-0.25, -0.2) is 0 Å². The van der Waals surface area contributed by atoms with Crippen LogP contribution in [0.2, 0.25) is 0 Å². The van der Waals surface area contributed by atoms with E-state index in [2.05, 4.69) is 36.0 Å². The van der Waals surface area contributed by atoms with E-state index in [0.29, 0.717) is 6.04 Å². The summed E-state index contributed by atoms with van der Waals surface area (Å²) >= 11 is 0. The van der Waals surface area contributed by atoms with Gasteiger partial charge in [-0.1, -0.05) is 12.1 Å². The minimum Gasteiger partial charge on any atom is -0.409 e. The summed E-state index contributed by atoms with van der Waals surface area (Å²) < 4.78 is 0. The van der Waals surface area contributed by atoms with Crippen LogP contribution in [0.15, 0.2) is 23.4 Å². The molecule has 0 aliphatic carbocycles. The van der Waals surface area contributed by atoms with Crippen LogP contribution in [0.3, 0.4) is 0 Å². The first kappa shape index (κ1) is 13.7. The molecule has 0 spiro atoms. The SMILES string of the molecule is Cc1cc(N2CC(C)CCC2C)ccc1/C(N)=N/O. The molecule has 1 aliphatic heterocycles. The van der Waals surface area contributed by atoms with Gasteiger partial charge in [0.2, 0.25) is 0 Å². The predicted molar refractivity (Wildman–Crippen MR) is 78.9 cm³/mol. The van der Waals surface area contributed by atoms with E-state index in [1.807, 2.05) is 13.0 Å². The highest BCUT2D eigenvalue weighted by Gasteiger charge is 2.23. The predicted octanol–water partition coefficient (Wildman–Crippen LogP) is 2.71. The summed E-state index contributed by atoms with van der Waals surface area (Å²) in [5.74, 6) is 0.907. The van der Waals surface area contributed by atoms with Gasteiger partial charge >= 0.3 is 0 Å². The molecule has 1 saturated heterocycles. The van der Waals surface area contributed by atoms with E-state index in [-0.39, 0.29) is 5.84 Å². The number of amidine groups is 1. The molecule has 2 rings (SSSR count). The van der Waals surface area contributed by atoms with Gasteiger partial charge < -0.3 is 15.8 Å². The molecule has 19 heavy (non-hydrogen) atoms. The van der Waals surface area contributed by atoms with Gasteiger partial charge in [0.05, 0.1) is 0 Å². The molecule has 4 heteroatoms. The van der Waals surface area contributed by atoms with E-state index in [1.165, 1.54) is 18.5 Å². The van der Waals surface area contributed by atoms with Crippen molar-refractivity contribution in [1.82, 2.24) is 0 Å². The van der Waals surface area contributed by atoms with E-state index < -0.39 is 0 Å². The first-order valence-corrected chi connectivity index (χ1v) is 6.88. The van der Waals surface area contributed by atoms with E-state index in [1.54, 1.807) is 0 Å². The first-order valence-electron chi connectivity index (χ1n) is 6.88. The number of benzene rings is 1. The smallest absolute Gasteiger partial charge is 0.170 e. The molecule has 1 aromatic rings. The van der Waals surface area contributed by atoms with Crippen LogP contribution >= 0.6 is 0 Å². The Hall–Kier alpha value is -1.71. The van der Waals surface area contributed by atoms with Crippen LogP contribution in [0.4, 0.5) is 5.69 Å². The lowest BCUT2D eigenvalue weighted by molar-refractivity contribution is 0.318. The van der Waals surface area contributed by atoms with Crippen molar-refractivity contribution in [3.05, 3.63) is 29.3 Å². The van der Waals surface area contributed by atoms with Gasteiger partial charge in [0.25, 0.3) is 0 Å². The summed E-state index contributed by atoms with van der Waals surface area (Å²) in [6.45, 7) is 7.67. The Morgan fingerprint density at radius 1 is 1.37 bits per heavy atom. The van der Waals surface area contributed by atoms with Gasteiger partial charge in [0.15, 0.2) is 5.84 Å². The maximum Gasteiger partial charge on any atom is 0.170 e. The molecule has 1 aliphatic rings. The van der Waals surface area contributed by atoms with E-state index >= 15 is 0 Å². The van der Waals surface area contributed by atoms with Crippen LogP contribution in [0.25, 0.3) is 0 Å². The molecule has 0 radical (unpaired) electrons. The number of hydrogen-bond donors (Lipinski definition) is 2. The third-order valence-electron chi connectivity index (χ3n) is 4.04. The molecule has 0 bridgehead atoms. The lowest BCUT2D eigenvalue weighted by Crippen LogP contribution is -2.41. The zero-order chi connectivity index (χ0) is 14.0. The molecule has 2 unspecified atom stereocenters. The average molecular weight is 261 g/mol. The highest BCUT2D eigenvalue weighted by Crippen LogP contribution is 2.28. The van der Waals surface area contributed by atoms with Crippen molar-refractivity contribution in [3.8, 4) is 0 Å². The van der Waals surface area contributed by atoms with Crippen molar-refractivity contribution in [2.45, 2.75) is 39.7 Å². The van der Waals surface area contributed by atoms with Crippen molar-refractivity contribution in [1.29, 1.82) is 0 Å². The summed E-state index contributed by atoms with van der Waals surface area (Å²) in [4.78, 5) is 2.46. The van der Waals surface area contributed by atoms with E-state index in [9.17, 15) is 0 Å². The lowest BCUT2D eigenvalue weighted by atomic mass is 9.94. The van der Waals surface area contributed by atoms with Gasteiger partial charge in [-0.2, -0.15) is 0 Å². The zero-order valence-corrected chi connectivity index (χ0v) is 11.9. The molecule has 104 valence electrons. The Morgan fingerprint density at radius 3 is 2.74 bits per heavy atom. The number of piperidine rings is 1. The summed E-state index contributed by atoms with van der Waals surface area (Å²) in [5, 5.41) is 11.8. The topological polar surface area (TPSA) is 61.8 Å². The second-order valence-electron chi connectivity index (χ2n) is 5.67. The van der Waals surface area contributed by atoms with Crippen molar-refractivity contribution in [2.75, 3.05) is 11.4 Å².